The van der Waals surface area contributed by atoms with Crippen molar-refractivity contribution in [3.05, 3.63) is 54.6 Å². The van der Waals surface area contributed by atoms with E-state index in [1.165, 1.54) is 5.56 Å². The van der Waals surface area contributed by atoms with E-state index in [0.29, 0.717) is 0 Å². The van der Waals surface area contributed by atoms with E-state index in [1.54, 1.807) is 6.33 Å². The lowest BCUT2D eigenvalue weighted by Gasteiger charge is -2.15. The van der Waals surface area contributed by atoms with Crippen molar-refractivity contribution in [1.29, 1.82) is 0 Å². The van der Waals surface area contributed by atoms with Gasteiger partial charge in [-0.15, -0.1) is 10.2 Å². The minimum absolute atomic E-state index is 0.186. The third-order valence-corrected chi connectivity index (χ3v) is 3.49. The number of rotatable bonds is 4. The lowest BCUT2D eigenvalue weighted by molar-refractivity contribution is 0.642. The molecule has 5 nitrogen and oxygen atoms in total. The van der Waals surface area contributed by atoms with Crippen LogP contribution in [0.15, 0.2) is 49.1 Å². The standard InChI is InChI=1S/C15H17N5/c1-3-19-10-14(9-17-19)15-18-16-11-20(15)12(2)13-7-5-4-6-8-13/h4-12H,3H2,1-2H3/t12-/m1/s1. The number of hydrogen-bond donors (Lipinski definition) is 0. The third-order valence-electron chi connectivity index (χ3n) is 3.49. The number of benzene rings is 1. The van der Waals surface area contributed by atoms with E-state index in [1.807, 2.05) is 35.3 Å². The number of aryl methyl sites for hydroxylation is 1. The highest BCUT2D eigenvalue weighted by molar-refractivity contribution is 5.52. The fraction of sp³-hybridized carbons (Fsp3) is 0.267. The van der Waals surface area contributed by atoms with E-state index in [2.05, 4.69) is 45.8 Å². The summed E-state index contributed by atoms with van der Waals surface area (Å²) in [5.74, 6) is 0.848. The van der Waals surface area contributed by atoms with E-state index in [0.717, 1.165) is 17.9 Å². The summed E-state index contributed by atoms with van der Waals surface area (Å²) in [5, 5.41) is 12.6. The second-order valence-electron chi connectivity index (χ2n) is 4.73. The molecule has 0 radical (unpaired) electrons. The van der Waals surface area contributed by atoms with Crippen LogP contribution in [0.3, 0.4) is 0 Å². The van der Waals surface area contributed by atoms with Crippen molar-refractivity contribution in [1.82, 2.24) is 24.5 Å². The molecule has 0 saturated carbocycles. The third kappa shape index (κ3) is 2.22. The average Bonchev–Trinajstić information content (AvgIpc) is 3.15. The van der Waals surface area contributed by atoms with Gasteiger partial charge in [0.1, 0.15) is 6.33 Å². The second kappa shape index (κ2) is 5.28. The molecule has 102 valence electrons. The Balaban J connectivity index is 1.98. The molecular formula is C15H17N5. The smallest absolute Gasteiger partial charge is 0.167 e. The summed E-state index contributed by atoms with van der Waals surface area (Å²) in [6.45, 7) is 5.06. The maximum atomic E-state index is 4.30. The highest BCUT2D eigenvalue weighted by atomic mass is 15.3. The molecule has 2 heterocycles. The quantitative estimate of drug-likeness (QED) is 0.730. The summed E-state index contributed by atoms with van der Waals surface area (Å²) in [7, 11) is 0. The minimum atomic E-state index is 0.186. The van der Waals surface area contributed by atoms with Crippen LogP contribution in [0.1, 0.15) is 25.5 Å². The Hall–Kier alpha value is -2.43. The highest BCUT2D eigenvalue weighted by Crippen LogP contribution is 2.24. The molecule has 0 fully saturated rings. The summed E-state index contributed by atoms with van der Waals surface area (Å²) in [6.07, 6.45) is 5.61. The Morgan fingerprint density at radius 2 is 2.00 bits per heavy atom. The van der Waals surface area contributed by atoms with Crippen molar-refractivity contribution in [2.75, 3.05) is 0 Å². The Bertz CT molecular complexity index is 683. The second-order valence-corrected chi connectivity index (χ2v) is 4.73. The average molecular weight is 267 g/mol. The van der Waals surface area contributed by atoms with Crippen LogP contribution in [-0.4, -0.2) is 24.5 Å². The molecule has 20 heavy (non-hydrogen) atoms. The van der Waals surface area contributed by atoms with E-state index >= 15 is 0 Å². The summed E-state index contributed by atoms with van der Waals surface area (Å²) < 4.78 is 3.97. The largest absolute Gasteiger partial charge is 0.306 e. The van der Waals surface area contributed by atoms with Crippen molar-refractivity contribution in [2.45, 2.75) is 26.4 Å². The van der Waals surface area contributed by atoms with Gasteiger partial charge in [-0.2, -0.15) is 5.10 Å². The number of nitrogens with zero attached hydrogens (tertiary/aromatic N) is 5. The van der Waals surface area contributed by atoms with Crippen LogP contribution in [0, 0.1) is 0 Å². The topological polar surface area (TPSA) is 48.5 Å². The number of aromatic nitrogens is 5. The van der Waals surface area contributed by atoms with Gasteiger partial charge in [0.15, 0.2) is 5.82 Å². The maximum absolute atomic E-state index is 4.30. The van der Waals surface area contributed by atoms with E-state index < -0.39 is 0 Å². The summed E-state index contributed by atoms with van der Waals surface area (Å²) in [4.78, 5) is 0. The van der Waals surface area contributed by atoms with Crippen molar-refractivity contribution >= 4 is 0 Å². The van der Waals surface area contributed by atoms with Crippen LogP contribution in [0.4, 0.5) is 0 Å². The van der Waals surface area contributed by atoms with Crippen molar-refractivity contribution in [3.63, 3.8) is 0 Å². The molecular weight excluding hydrogens is 250 g/mol. The van der Waals surface area contributed by atoms with Crippen LogP contribution in [0.2, 0.25) is 0 Å². The monoisotopic (exact) mass is 267 g/mol. The maximum Gasteiger partial charge on any atom is 0.167 e. The van der Waals surface area contributed by atoms with Crippen LogP contribution in [-0.2, 0) is 6.54 Å². The van der Waals surface area contributed by atoms with Gasteiger partial charge >= 0.3 is 0 Å². The Morgan fingerprint density at radius 3 is 2.70 bits per heavy atom. The zero-order valence-corrected chi connectivity index (χ0v) is 11.6. The molecule has 0 unspecified atom stereocenters. The van der Waals surface area contributed by atoms with Crippen LogP contribution in [0.5, 0.6) is 0 Å². The van der Waals surface area contributed by atoms with Gasteiger partial charge in [0.05, 0.1) is 17.8 Å². The zero-order chi connectivity index (χ0) is 13.9. The van der Waals surface area contributed by atoms with Gasteiger partial charge < -0.3 is 4.57 Å². The fourth-order valence-corrected chi connectivity index (χ4v) is 2.28. The molecule has 0 bridgehead atoms. The summed E-state index contributed by atoms with van der Waals surface area (Å²) in [6, 6.07) is 10.5. The first-order chi connectivity index (χ1) is 9.79. The molecule has 1 atom stereocenters. The van der Waals surface area contributed by atoms with Crippen molar-refractivity contribution in [2.24, 2.45) is 0 Å². The lowest BCUT2D eigenvalue weighted by atomic mass is 10.1. The molecule has 1 aromatic carbocycles. The highest BCUT2D eigenvalue weighted by Gasteiger charge is 2.15. The molecule has 5 heteroatoms. The van der Waals surface area contributed by atoms with Gasteiger partial charge in [-0.1, -0.05) is 30.3 Å². The molecule has 3 rings (SSSR count). The van der Waals surface area contributed by atoms with Gasteiger partial charge in [0, 0.05) is 12.7 Å². The van der Waals surface area contributed by atoms with Gasteiger partial charge in [-0.3, -0.25) is 4.68 Å². The van der Waals surface area contributed by atoms with E-state index in [-0.39, 0.29) is 6.04 Å². The van der Waals surface area contributed by atoms with Crippen molar-refractivity contribution in [3.8, 4) is 11.4 Å². The molecule has 0 saturated heterocycles. The summed E-state index contributed by atoms with van der Waals surface area (Å²) in [5.41, 5.74) is 2.23. The molecule has 0 amide bonds. The van der Waals surface area contributed by atoms with Crippen LogP contribution >= 0.6 is 0 Å². The minimum Gasteiger partial charge on any atom is -0.306 e. The van der Waals surface area contributed by atoms with Gasteiger partial charge in [0.2, 0.25) is 0 Å². The lowest BCUT2D eigenvalue weighted by Crippen LogP contribution is -2.07. The summed E-state index contributed by atoms with van der Waals surface area (Å²) >= 11 is 0. The molecule has 0 aliphatic carbocycles. The zero-order valence-electron chi connectivity index (χ0n) is 11.6. The molecule has 3 aromatic rings. The Morgan fingerprint density at radius 1 is 1.20 bits per heavy atom. The van der Waals surface area contributed by atoms with Gasteiger partial charge in [-0.25, -0.2) is 0 Å². The molecule has 0 spiro atoms. The van der Waals surface area contributed by atoms with Crippen LogP contribution in [0.25, 0.3) is 11.4 Å². The first-order valence-corrected chi connectivity index (χ1v) is 6.77. The van der Waals surface area contributed by atoms with E-state index in [4.69, 9.17) is 0 Å². The van der Waals surface area contributed by atoms with E-state index in [9.17, 15) is 0 Å². The Kier molecular flexibility index (Phi) is 3.33. The van der Waals surface area contributed by atoms with Gasteiger partial charge in [0.25, 0.3) is 0 Å². The first kappa shape index (κ1) is 12.6. The predicted molar refractivity (Wildman–Crippen MR) is 77.2 cm³/mol. The predicted octanol–water partition coefficient (Wildman–Crippen LogP) is 2.77. The number of hydrogen-bond acceptors (Lipinski definition) is 3. The Labute approximate surface area is 117 Å². The molecule has 0 N–H and O–H groups in total. The molecule has 0 aliphatic heterocycles. The van der Waals surface area contributed by atoms with Crippen molar-refractivity contribution < 1.29 is 0 Å². The first-order valence-electron chi connectivity index (χ1n) is 6.77. The normalized spacial score (nSPS) is 12.5. The molecule has 0 aliphatic rings. The SMILES string of the molecule is CCn1cc(-c2nncn2[C@H](C)c2ccccc2)cn1. The fourth-order valence-electron chi connectivity index (χ4n) is 2.28. The van der Waals surface area contributed by atoms with Gasteiger partial charge in [-0.05, 0) is 19.4 Å². The molecule has 2 aromatic heterocycles. The van der Waals surface area contributed by atoms with Crippen LogP contribution < -0.4 is 0 Å².